The lowest BCUT2D eigenvalue weighted by atomic mass is 9.98. The van der Waals surface area contributed by atoms with E-state index in [0.717, 1.165) is 77.0 Å². The molecular weight excluding hydrogens is 841 g/mol. The van der Waals surface area contributed by atoms with Gasteiger partial charge in [-0.25, -0.2) is 0 Å². The highest BCUT2D eigenvalue weighted by Gasteiger charge is 2.47. The molecule has 2 heterocycles. The molecule has 0 aliphatic carbocycles. The van der Waals surface area contributed by atoms with E-state index < -0.39 is 99.3 Å². The van der Waals surface area contributed by atoms with E-state index in [0.29, 0.717) is 12.8 Å². The minimum absolute atomic E-state index is 0.111. The van der Waals surface area contributed by atoms with E-state index in [-0.39, 0.29) is 19.4 Å². The Kier molecular flexibility index (Phi) is 33.4. The van der Waals surface area contributed by atoms with Crippen LogP contribution in [0.15, 0.2) is 60.8 Å². The average molecular weight is 925 g/mol. The van der Waals surface area contributed by atoms with Gasteiger partial charge in [0.25, 0.3) is 0 Å². The van der Waals surface area contributed by atoms with Crippen LogP contribution < -0.4 is 0 Å². The topological polar surface area (TPSA) is 231 Å². The molecule has 0 radical (unpaired) electrons. The van der Waals surface area contributed by atoms with Crippen molar-refractivity contribution in [3.63, 3.8) is 0 Å². The third-order valence-corrected chi connectivity index (χ3v) is 11.2. The Morgan fingerprint density at radius 1 is 0.492 bits per heavy atom. The van der Waals surface area contributed by atoms with Gasteiger partial charge in [0.15, 0.2) is 18.7 Å². The predicted octanol–water partition coefficient (Wildman–Crippen LogP) is 6.10. The summed E-state index contributed by atoms with van der Waals surface area (Å²) in [5.41, 5.74) is 0. The molecule has 2 aliphatic heterocycles. The Bertz CT molecular complexity index is 1370. The van der Waals surface area contributed by atoms with Crippen molar-refractivity contribution in [3.05, 3.63) is 60.8 Å². The van der Waals surface area contributed by atoms with E-state index in [9.17, 15) is 45.3 Å². The maximum Gasteiger partial charge on any atom is 0.306 e. The lowest BCUT2D eigenvalue weighted by molar-refractivity contribution is -0.332. The van der Waals surface area contributed by atoms with Gasteiger partial charge in [0.05, 0.1) is 19.8 Å². The number of unbranched alkanes of at least 4 members (excludes halogenated alkanes) is 12. The molecule has 0 amide bonds. The summed E-state index contributed by atoms with van der Waals surface area (Å²) in [6.07, 6.45) is 24.0. The summed E-state index contributed by atoms with van der Waals surface area (Å²) < 4.78 is 33.4. The van der Waals surface area contributed by atoms with E-state index >= 15 is 0 Å². The van der Waals surface area contributed by atoms with Crippen molar-refractivity contribution in [2.24, 2.45) is 0 Å². The first-order valence-electron chi connectivity index (χ1n) is 24.4. The van der Waals surface area contributed by atoms with Crippen LogP contribution in [0.3, 0.4) is 0 Å². The van der Waals surface area contributed by atoms with Crippen molar-refractivity contribution in [2.45, 2.75) is 216 Å². The number of hydrogen-bond donors (Lipinski definition) is 7. The highest BCUT2D eigenvalue weighted by molar-refractivity contribution is 5.70. The van der Waals surface area contributed by atoms with Crippen molar-refractivity contribution in [3.8, 4) is 0 Å². The molecule has 15 heteroatoms. The zero-order valence-corrected chi connectivity index (χ0v) is 39.2. The lowest BCUT2D eigenvalue weighted by Gasteiger charge is -2.42. The quantitative estimate of drug-likeness (QED) is 0.0214. The van der Waals surface area contributed by atoms with Gasteiger partial charge in [-0.15, -0.1) is 0 Å². The Hall–Kier alpha value is -2.80. The van der Waals surface area contributed by atoms with Crippen LogP contribution in [0.25, 0.3) is 0 Å². The van der Waals surface area contributed by atoms with Gasteiger partial charge in [0.1, 0.15) is 55.4 Å². The molecule has 2 rings (SSSR count). The smallest absolute Gasteiger partial charge is 0.306 e. The highest BCUT2D eigenvalue weighted by Crippen LogP contribution is 2.26. The van der Waals surface area contributed by atoms with E-state index in [1.807, 2.05) is 0 Å². The van der Waals surface area contributed by atoms with Crippen molar-refractivity contribution in [1.29, 1.82) is 0 Å². The number of aliphatic hydroxyl groups is 7. The van der Waals surface area contributed by atoms with Crippen LogP contribution in [0.5, 0.6) is 0 Å². The first kappa shape index (κ1) is 58.3. The van der Waals surface area contributed by atoms with Gasteiger partial charge in [-0.1, -0.05) is 120 Å². The second-order valence-corrected chi connectivity index (χ2v) is 16.9. The van der Waals surface area contributed by atoms with Gasteiger partial charge >= 0.3 is 11.9 Å². The minimum Gasteiger partial charge on any atom is -0.462 e. The van der Waals surface area contributed by atoms with Crippen molar-refractivity contribution < 1.29 is 73.8 Å². The second kappa shape index (κ2) is 37.2. The molecule has 0 spiro atoms. The van der Waals surface area contributed by atoms with Crippen LogP contribution >= 0.6 is 0 Å². The third-order valence-electron chi connectivity index (χ3n) is 11.2. The summed E-state index contributed by atoms with van der Waals surface area (Å²) in [6.45, 7) is 2.44. The summed E-state index contributed by atoms with van der Waals surface area (Å²) >= 11 is 0. The Balaban J connectivity index is 1.86. The van der Waals surface area contributed by atoms with Crippen molar-refractivity contribution in [2.75, 3.05) is 26.4 Å². The molecule has 65 heavy (non-hydrogen) atoms. The number of ether oxygens (including phenoxy) is 6. The fourth-order valence-electron chi connectivity index (χ4n) is 7.12. The molecule has 2 saturated heterocycles. The highest BCUT2D eigenvalue weighted by atomic mass is 16.7. The van der Waals surface area contributed by atoms with Gasteiger partial charge < -0.3 is 64.2 Å². The molecular formula is C50H84O15. The molecule has 2 aliphatic rings. The van der Waals surface area contributed by atoms with E-state index in [1.165, 1.54) is 32.1 Å². The van der Waals surface area contributed by atoms with Crippen LogP contribution in [0.1, 0.15) is 149 Å². The summed E-state index contributed by atoms with van der Waals surface area (Å²) in [4.78, 5) is 25.7. The average Bonchev–Trinajstić information content (AvgIpc) is 3.30. The van der Waals surface area contributed by atoms with E-state index in [2.05, 4.69) is 74.6 Å². The second-order valence-electron chi connectivity index (χ2n) is 16.9. The fraction of sp³-hybridized carbons (Fsp3) is 0.760. The van der Waals surface area contributed by atoms with Crippen molar-refractivity contribution >= 4 is 11.9 Å². The number of carbonyl (C=O) groups is 2. The molecule has 0 aromatic carbocycles. The normalized spacial score (nSPS) is 26.9. The molecule has 0 aromatic heterocycles. The summed E-state index contributed by atoms with van der Waals surface area (Å²) in [5.74, 6) is -0.992. The Morgan fingerprint density at radius 3 is 1.52 bits per heavy atom. The standard InChI is InChI=1S/C50H84O15/c1-3-5-7-9-11-13-15-17-19-21-23-25-27-29-31-33-42(53)63-38(35-60-41(52)32-30-28-26-24-22-20-18-16-14-12-10-8-6-4-2)36-61-49-48(59)46(57)44(55)40(65-49)37-62-50-47(58)45(56)43(54)39(34-51)64-50/h10-13,16-19,23,25,38-40,43-51,54-59H,3-9,14-15,20-22,24,26-37H2,1-2H3/b12-10+,13-11+,18-16+,19-17+,25-23+/t38-,39-,40-,43+,44+,45?,46?,47?,48?,49-,50-/m1/s1. The van der Waals surface area contributed by atoms with E-state index in [4.69, 9.17) is 28.4 Å². The number of hydrogen-bond acceptors (Lipinski definition) is 15. The van der Waals surface area contributed by atoms with Crippen molar-refractivity contribution in [1.82, 2.24) is 0 Å². The predicted molar refractivity (Wildman–Crippen MR) is 247 cm³/mol. The third kappa shape index (κ3) is 25.8. The Morgan fingerprint density at radius 2 is 0.938 bits per heavy atom. The minimum atomic E-state index is -1.78. The molecule has 15 nitrogen and oxygen atoms in total. The molecule has 11 atom stereocenters. The van der Waals surface area contributed by atoms with Gasteiger partial charge in [-0.3, -0.25) is 9.59 Å². The number of esters is 2. The largest absolute Gasteiger partial charge is 0.462 e. The molecule has 0 aromatic rings. The van der Waals surface area contributed by atoms with Crippen LogP contribution in [-0.2, 0) is 38.0 Å². The van der Waals surface area contributed by atoms with Gasteiger partial charge in [0, 0.05) is 12.8 Å². The fourth-order valence-corrected chi connectivity index (χ4v) is 7.12. The van der Waals surface area contributed by atoms with Gasteiger partial charge in [-0.2, -0.15) is 0 Å². The SMILES string of the molecule is CCCC/C=C/C/C=C/CCCCCCCC(=O)OC[C@H](CO[C@@H]1O[C@H](CO[C@@H]2O[C@H](CO)[C@H](O)C(O)C2O)[C@H](O)C(O)C1O)OC(=O)CCCC/C=C/C/C=C/C/C=C/CCCCC. The molecule has 4 unspecified atom stereocenters. The van der Waals surface area contributed by atoms with E-state index in [1.54, 1.807) is 0 Å². The number of allylic oxidation sites excluding steroid dienone is 10. The molecule has 0 saturated carbocycles. The van der Waals surface area contributed by atoms with Crippen LogP contribution in [-0.4, -0.2) is 142 Å². The maximum atomic E-state index is 13.0. The number of aliphatic hydroxyl groups excluding tert-OH is 7. The van der Waals surface area contributed by atoms with Crippen LogP contribution in [0, 0.1) is 0 Å². The van der Waals surface area contributed by atoms with Gasteiger partial charge in [-0.05, 0) is 77.0 Å². The zero-order valence-electron chi connectivity index (χ0n) is 39.2. The number of rotatable bonds is 36. The maximum absolute atomic E-state index is 13.0. The van der Waals surface area contributed by atoms with Gasteiger partial charge in [0.2, 0.25) is 0 Å². The number of carbonyl (C=O) groups excluding carboxylic acids is 2. The summed E-state index contributed by atoms with van der Waals surface area (Å²) in [7, 11) is 0. The first-order valence-corrected chi connectivity index (χ1v) is 24.4. The molecule has 2 fully saturated rings. The Labute approximate surface area is 388 Å². The molecule has 0 bridgehead atoms. The zero-order chi connectivity index (χ0) is 47.5. The first-order chi connectivity index (χ1) is 31.5. The summed E-state index contributed by atoms with van der Waals surface area (Å²) in [6, 6.07) is 0. The summed E-state index contributed by atoms with van der Waals surface area (Å²) in [5, 5.41) is 72.0. The van der Waals surface area contributed by atoms with Crippen LogP contribution in [0.4, 0.5) is 0 Å². The monoisotopic (exact) mass is 925 g/mol. The van der Waals surface area contributed by atoms with Crippen LogP contribution in [0.2, 0.25) is 0 Å². The molecule has 374 valence electrons. The molecule has 7 N–H and O–H groups in total. The lowest BCUT2D eigenvalue weighted by Crippen LogP contribution is -2.61.